The summed E-state index contributed by atoms with van der Waals surface area (Å²) >= 11 is 0. The number of hydrogen-bond donors (Lipinski definition) is 1. The van der Waals surface area contributed by atoms with Gasteiger partial charge in [0.25, 0.3) is 0 Å². The van der Waals surface area contributed by atoms with Crippen molar-refractivity contribution in [3.8, 4) is 5.75 Å². The van der Waals surface area contributed by atoms with Gasteiger partial charge in [0, 0.05) is 0 Å². The van der Waals surface area contributed by atoms with E-state index < -0.39 is 17.8 Å². The van der Waals surface area contributed by atoms with Gasteiger partial charge in [-0.05, 0) is 31.0 Å². The standard InChI is InChI=1S/C19H21NO4/c1-3-24-19(22)15(13-14-9-5-4-6-10-14)18(21)20-16-11-7-8-12-17(16)23-2/h4-12,15H,3,13H2,1-2H3,(H,20,21)/t15-/m0/s1. The van der Waals surface area contributed by atoms with Crippen LogP contribution in [0.1, 0.15) is 12.5 Å². The second-order valence-corrected chi connectivity index (χ2v) is 5.18. The molecule has 0 aliphatic rings. The molecule has 0 aromatic heterocycles. The fourth-order valence-corrected chi connectivity index (χ4v) is 2.34. The summed E-state index contributed by atoms with van der Waals surface area (Å²) in [5, 5.41) is 2.76. The molecule has 0 radical (unpaired) electrons. The number of carbonyl (C=O) groups is 2. The van der Waals surface area contributed by atoms with Crippen LogP contribution in [0.4, 0.5) is 5.69 Å². The normalized spacial score (nSPS) is 11.4. The van der Waals surface area contributed by atoms with Crippen molar-refractivity contribution in [3.63, 3.8) is 0 Å². The Morgan fingerprint density at radius 2 is 1.71 bits per heavy atom. The maximum absolute atomic E-state index is 12.6. The van der Waals surface area contributed by atoms with Crippen molar-refractivity contribution in [1.82, 2.24) is 0 Å². The number of carbonyl (C=O) groups excluding carboxylic acids is 2. The van der Waals surface area contributed by atoms with Gasteiger partial charge >= 0.3 is 5.97 Å². The number of esters is 1. The molecule has 0 bridgehead atoms. The largest absolute Gasteiger partial charge is 0.495 e. The predicted molar refractivity (Wildman–Crippen MR) is 91.9 cm³/mol. The second kappa shape index (κ2) is 8.72. The van der Waals surface area contributed by atoms with Crippen LogP contribution in [0.5, 0.6) is 5.75 Å². The lowest BCUT2D eigenvalue weighted by molar-refractivity contribution is -0.150. The summed E-state index contributed by atoms with van der Waals surface area (Å²) in [6.07, 6.45) is 0.278. The van der Waals surface area contributed by atoms with Crippen LogP contribution in [-0.4, -0.2) is 25.6 Å². The Hall–Kier alpha value is -2.82. The summed E-state index contributed by atoms with van der Waals surface area (Å²) in [5.41, 5.74) is 1.41. The van der Waals surface area contributed by atoms with E-state index in [1.807, 2.05) is 30.3 Å². The Morgan fingerprint density at radius 3 is 2.38 bits per heavy atom. The van der Waals surface area contributed by atoms with Gasteiger partial charge in [0.05, 0.1) is 19.4 Å². The van der Waals surface area contributed by atoms with E-state index in [1.54, 1.807) is 31.2 Å². The molecule has 2 rings (SSSR count). The second-order valence-electron chi connectivity index (χ2n) is 5.18. The van der Waals surface area contributed by atoms with Crippen molar-refractivity contribution in [3.05, 3.63) is 60.2 Å². The highest BCUT2D eigenvalue weighted by Gasteiger charge is 2.29. The molecule has 0 saturated heterocycles. The van der Waals surface area contributed by atoms with Crippen molar-refractivity contribution < 1.29 is 19.1 Å². The zero-order valence-electron chi connectivity index (χ0n) is 13.8. The number of anilines is 1. The molecule has 126 valence electrons. The van der Waals surface area contributed by atoms with Crippen LogP contribution in [0.25, 0.3) is 0 Å². The van der Waals surface area contributed by atoms with E-state index in [0.29, 0.717) is 11.4 Å². The summed E-state index contributed by atoms with van der Waals surface area (Å²) < 4.78 is 10.3. The monoisotopic (exact) mass is 327 g/mol. The summed E-state index contributed by atoms with van der Waals surface area (Å²) in [7, 11) is 1.53. The van der Waals surface area contributed by atoms with Crippen molar-refractivity contribution in [2.75, 3.05) is 19.0 Å². The smallest absolute Gasteiger partial charge is 0.318 e. The fourth-order valence-electron chi connectivity index (χ4n) is 2.34. The first-order valence-electron chi connectivity index (χ1n) is 7.80. The zero-order chi connectivity index (χ0) is 17.4. The lowest BCUT2D eigenvalue weighted by atomic mass is 9.98. The molecule has 24 heavy (non-hydrogen) atoms. The number of benzene rings is 2. The van der Waals surface area contributed by atoms with Crippen LogP contribution in [0, 0.1) is 5.92 Å². The summed E-state index contributed by atoms with van der Waals surface area (Å²) in [5.74, 6) is -1.33. The Balaban J connectivity index is 2.19. The molecular weight excluding hydrogens is 306 g/mol. The molecule has 2 aromatic carbocycles. The first-order valence-corrected chi connectivity index (χ1v) is 7.80. The van der Waals surface area contributed by atoms with Gasteiger partial charge < -0.3 is 14.8 Å². The third kappa shape index (κ3) is 4.59. The average Bonchev–Trinajstić information content (AvgIpc) is 2.61. The summed E-state index contributed by atoms with van der Waals surface area (Å²) in [6, 6.07) is 16.4. The van der Waals surface area contributed by atoms with Gasteiger partial charge in [-0.15, -0.1) is 0 Å². The minimum atomic E-state index is -0.919. The van der Waals surface area contributed by atoms with Gasteiger partial charge in [-0.2, -0.15) is 0 Å². The number of hydrogen-bond acceptors (Lipinski definition) is 4. The Kier molecular flexibility index (Phi) is 6.37. The maximum atomic E-state index is 12.6. The fraction of sp³-hybridized carbons (Fsp3) is 0.263. The van der Waals surface area contributed by atoms with Crippen LogP contribution in [0.15, 0.2) is 54.6 Å². The number of amides is 1. The van der Waals surface area contributed by atoms with E-state index in [9.17, 15) is 9.59 Å². The van der Waals surface area contributed by atoms with Crippen LogP contribution < -0.4 is 10.1 Å². The predicted octanol–water partition coefficient (Wildman–Crippen LogP) is 3.06. The van der Waals surface area contributed by atoms with Crippen LogP contribution >= 0.6 is 0 Å². The van der Waals surface area contributed by atoms with Crippen LogP contribution in [-0.2, 0) is 20.7 Å². The molecule has 1 atom stereocenters. The molecule has 0 heterocycles. The van der Waals surface area contributed by atoms with Gasteiger partial charge in [-0.25, -0.2) is 0 Å². The van der Waals surface area contributed by atoms with E-state index in [0.717, 1.165) is 5.56 Å². The van der Waals surface area contributed by atoms with Gasteiger partial charge in [-0.3, -0.25) is 9.59 Å². The minimum Gasteiger partial charge on any atom is -0.495 e. The first-order chi connectivity index (χ1) is 11.7. The highest BCUT2D eigenvalue weighted by Crippen LogP contribution is 2.24. The van der Waals surface area contributed by atoms with Crippen molar-refractivity contribution in [1.29, 1.82) is 0 Å². The molecule has 5 nitrogen and oxygen atoms in total. The van der Waals surface area contributed by atoms with E-state index in [2.05, 4.69) is 5.32 Å². The van der Waals surface area contributed by atoms with Gasteiger partial charge in [0.2, 0.25) is 5.91 Å². The summed E-state index contributed by atoms with van der Waals surface area (Å²) in [6.45, 7) is 1.95. The molecule has 1 amide bonds. The number of rotatable bonds is 7. The minimum absolute atomic E-state index is 0.228. The molecule has 0 aliphatic carbocycles. The van der Waals surface area contributed by atoms with E-state index in [4.69, 9.17) is 9.47 Å². The number of para-hydroxylation sites is 2. The van der Waals surface area contributed by atoms with E-state index in [-0.39, 0.29) is 13.0 Å². The van der Waals surface area contributed by atoms with Crippen LogP contribution in [0.3, 0.4) is 0 Å². The molecule has 2 aromatic rings. The SMILES string of the molecule is CCOC(=O)[C@@H](Cc1ccccc1)C(=O)Nc1ccccc1OC. The third-order valence-electron chi connectivity index (χ3n) is 3.54. The van der Waals surface area contributed by atoms with Crippen LogP contribution in [0.2, 0.25) is 0 Å². The topological polar surface area (TPSA) is 64.6 Å². The maximum Gasteiger partial charge on any atom is 0.318 e. The van der Waals surface area contributed by atoms with Gasteiger partial charge in [0.1, 0.15) is 11.7 Å². The lowest BCUT2D eigenvalue weighted by Crippen LogP contribution is -2.33. The molecule has 0 spiro atoms. The van der Waals surface area contributed by atoms with Crippen molar-refractivity contribution in [2.45, 2.75) is 13.3 Å². The first kappa shape index (κ1) is 17.5. The summed E-state index contributed by atoms with van der Waals surface area (Å²) in [4.78, 5) is 24.9. The molecular formula is C19H21NO4. The van der Waals surface area contributed by atoms with E-state index in [1.165, 1.54) is 7.11 Å². The number of ether oxygens (including phenoxy) is 2. The molecule has 0 fully saturated rings. The average molecular weight is 327 g/mol. The highest BCUT2D eigenvalue weighted by molar-refractivity contribution is 6.05. The Bertz CT molecular complexity index is 685. The quantitative estimate of drug-likeness (QED) is 0.627. The Labute approximate surface area is 141 Å². The number of nitrogens with one attached hydrogen (secondary N) is 1. The molecule has 0 aliphatic heterocycles. The Morgan fingerprint density at radius 1 is 1.04 bits per heavy atom. The van der Waals surface area contributed by atoms with Crippen molar-refractivity contribution >= 4 is 17.6 Å². The van der Waals surface area contributed by atoms with E-state index >= 15 is 0 Å². The third-order valence-corrected chi connectivity index (χ3v) is 3.54. The highest BCUT2D eigenvalue weighted by atomic mass is 16.5. The molecule has 0 saturated carbocycles. The molecule has 1 N–H and O–H groups in total. The van der Waals surface area contributed by atoms with Gasteiger partial charge in [0.15, 0.2) is 0 Å². The van der Waals surface area contributed by atoms with Crippen molar-refractivity contribution in [2.24, 2.45) is 5.92 Å². The zero-order valence-corrected chi connectivity index (χ0v) is 13.8. The molecule has 5 heteroatoms. The van der Waals surface area contributed by atoms with Gasteiger partial charge in [-0.1, -0.05) is 42.5 Å². The lowest BCUT2D eigenvalue weighted by Gasteiger charge is -2.17. The molecule has 0 unspecified atom stereocenters. The number of methoxy groups -OCH3 is 1.